The van der Waals surface area contributed by atoms with Gasteiger partial charge in [-0.05, 0) is 55.2 Å². The Morgan fingerprint density at radius 1 is 1.33 bits per heavy atom. The molecule has 1 aromatic carbocycles. The lowest BCUT2D eigenvalue weighted by molar-refractivity contribution is 0.0694. The number of aromatic carboxylic acids is 1. The van der Waals surface area contributed by atoms with Gasteiger partial charge >= 0.3 is 5.97 Å². The molecule has 0 heterocycles. The fourth-order valence-corrected chi connectivity index (χ4v) is 3.24. The van der Waals surface area contributed by atoms with E-state index in [1.807, 2.05) is 0 Å². The van der Waals surface area contributed by atoms with Crippen LogP contribution in [0.5, 0.6) is 0 Å². The Labute approximate surface area is 122 Å². The van der Waals surface area contributed by atoms with Crippen LogP contribution in [0.25, 0.3) is 0 Å². The molecule has 0 atom stereocenters. The zero-order valence-electron chi connectivity index (χ0n) is 11.7. The van der Waals surface area contributed by atoms with Crippen LogP contribution in [0.3, 0.4) is 0 Å². The van der Waals surface area contributed by atoms with Crippen molar-refractivity contribution in [3.63, 3.8) is 0 Å². The molecule has 2 N–H and O–H groups in total. The topological polar surface area (TPSA) is 66.4 Å². The second kappa shape index (κ2) is 5.13. The molecule has 0 aromatic heterocycles. The van der Waals surface area contributed by atoms with E-state index in [-0.39, 0.29) is 16.5 Å². The monoisotopic (exact) mass is 291 g/mol. The van der Waals surface area contributed by atoms with E-state index in [1.165, 1.54) is 31.4 Å². The number of hydrogen-bond acceptors (Lipinski definition) is 2. The van der Waals surface area contributed by atoms with Crippen molar-refractivity contribution in [3.8, 4) is 0 Å². The maximum absolute atomic E-state index is 13.8. The van der Waals surface area contributed by atoms with E-state index in [1.54, 1.807) is 0 Å². The number of carboxylic acid groups (broad SMARTS) is 1. The largest absolute Gasteiger partial charge is 0.478 e. The standard InChI is InChI=1S/C16H18FNO3/c17-13-8-10(15(20)21)2-5-12(13)14(19)18-9-16(6-1-7-16)11-3-4-11/h2,5,8,11H,1,3-4,6-7,9H2,(H,18,19)(H,20,21). The predicted molar refractivity (Wildman–Crippen MR) is 74.7 cm³/mol. The summed E-state index contributed by atoms with van der Waals surface area (Å²) in [6, 6.07) is 3.37. The molecule has 3 rings (SSSR count). The van der Waals surface area contributed by atoms with Gasteiger partial charge in [-0.3, -0.25) is 4.79 Å². The number of carboxylic acids is 1. The Morgan fingerprint density at radius 2 is 2.05 bits per heavy atom. The van der Waals surface area contributed by atoms with Gasteiger partial charge in [0.05, 0.1) is 11.1 Å². The summed E-state index contributed by atoms with van der Waals surface area (Å²) in [7, 11) is 0. The fraction of sp³-hybridized carbons (Fsp3) is 0.500. The van der Waals surface area contributed by atoms with E-state index < -0.39 is 17.7 Å². The van der Waals surface area contributed by atoms with E-state index in [4.69, 9.17) is 5.11 Å². The number of nitrogens with one attached hydrogen (secondary N) is 1. The number of rotatable bonds is 5. The highest BCUT2D eigenvalue weighted by Gasteiger charge is 2.48. The first-order valence-corrected chi connectivity index (χ1v) is 7.33. The highest BCUT2D eigenvalue weighted by atomic mass is 19.1. The van der Waals surface area contributed by atoms with E-state index in [0.29, 0.717) is 12.5 Å². The SMILES string of the molecule is O=C(O)c1ccc(C(=O)NCC2(C3CC3)CCC2)c(F)c1. The third kappa shape index (κ3) is 2.64. The Morgan fingerprint density at radius 3 is 2.52 bits per heavy atom. The highest BCUT2D eigenvalue weighted by molar-refractivity contribution is 5.96. The van der Waals surface area contributed by atoms with Crippen LogP contribution >= 0.6 is 0 Å². The van der Waals surface area contributed by atoms with Crippen molar-refractivity contribution in [2.24, 2.45) is 11.3 Å². The van der Waals surface area contributed by atoms with Crippen molar-refractivity contribution in [3.05, 3.63) is 35.1 Å². The molecule has 1 amide bonds. The van der Waals surface area contributed by atoms with Crippen LogP contribution in [-0.2, 0) is 0 Å². The van der Waals surface area contributed by atoms with E-state index in [2.05, 4.69) is 5.32 Å². The zero-order chi connectivity index (χ0) is 15.0. The summed E-state index contributed by atoms with van der Waals surface area (Å²) in [6.07, 6.45) is 5.94. The van der Waals surface area contributed by atoms with Gasteiger partial charge in [-0.1, -0.05) is 6.42 Å². The molecular formula is C16H18FNO3. The third-order valence-corrected chi connectivity index (χ3v) is 4.85. The van der Waals surface area contributed by atoms with Crippen LogP contribution in [0.4, 0.5) is 4.39 Å². The van der Waals surface area contributed by atoms with E-state index in [9.17, 15) is 14.0 Å². The first-order chi connectivity index (χ1) is 10.0. The van der Waals surface area contributed by atoms with Gasteiger partial charge in [-0.25, -0.2) is 9.18 Å². The summed E-state index contributed by atoms with van der Waals surface area (Å²) in [5.41, 5.74) is -0.0181. The molecule has 0 unspecified atom stereocenters. The van der Waals surface area contributed by atoms with Crippen LogP contribution in [0.15, 0.2) is 18.2 Å². The van der Waals surface area contributed by atoms with Gasteiger partial charge < -0.3 is 10.4 Å². The van der Waals surface area contributed by atoms with Gasteiger partial charge in [0, 0.05) is 6.54 Å². The zero-order valence-corrected chi connectivity index (χ0v) is 11.7. The summed E-state index contributed by atoms with van der Waals surface area (Å²) in [4.78, 5) is 22.8. The molecule has 0 spiro atoms. The van der Waals surface area contributed by atoms with Gasteiger partial charge in [-0.15, -0.1) is 0 Å². The van der Waals surface area contributed by atoms with Gasteiger partial charge in [-0.2, -0.15) is 0 Å². The number of hydrogen-bond donors (Lipinski definition) is 2. The summed E-state index contributed by atoms with van der Waals surface area (Å²) in [6.45, 7) is 0.594. The van der Waals surface area contributed by atoms with Gasteiger partial charge in [0.1, 0.15) is 5.82 Å². The van der Waals surface area contributed by atoms with Gasteiger partial charge in [0.25, 0.3) is 5.91 Å². The second-order valence-corrected chi connectivity index (χ2v) is 6.17. The Hall–Kier alpha value is -1.91. The first kappa shape index (κ1) is 14.0. The van der Waals surface area contributed by atoms with E-state index in [0.717, 1.165) is 18.9 Å². The maximum Gasteiger partial charge on any atom is 0.335 e. The van der Waals surface area contributed by atoms with Crippen molar-refractivity contribution in [2.75, 3.05) is 6.54 Å². The predicted octanol–water partition coefficient (Wildman–Crippen LogP) is 2.83. The molecule has 2 aliphatic carbocycles. The van der Waals surface area contributed by atoms with Crippen LogP contribution in [-0.4, -0.2) is 23.5 Å². The molecule has 0 bridgehead atoms. The van der Waals surface area contributed by atoms with Crippen LogP contribution in [0.2, 0.25) is 0 Å². The lowest BCUT2D eigenvalue weighted by atomic mass is 9.65. The number of amides is 1. The molecule has 0 radical (unpaired) electrons. The van der Waals surface area contributed by atoms with E-state index >= 15 is 0 Å². The van der Waals surface area contributed by atoms with Crippen molar-refractivity contribution >= 4 is 11.9 Å². The second-order valence-electron chi connectivity index (χ2n) is 6.17. The lowest BCUT2D eigenvalue weighted by Crippen LogP contribution is -2.43. The Balaban J connectivity index is 1.66. The van der Waals surface area contributed by atoms with Crippen molar-refractivity contribution < 1.29 is 19.1 Å². The van der Waals surface area contributed by atoms with Crippen molar-refractivity contribution in [1.82, 2.24) is 5.32 Å². The maximum atomic E-state index is 13.8. The summed E-state index contributed by atoms with van der Waals surface area (Å²) < 4.78 is 13.8. The smallest absolute Gasteiger partial charge is 0.335 e. The van der Waals surface area contributed by atoms with Crippen LogP contribution in [0.1, 0.15) is 52.8 Å². The minimum atomic E-state index is -1.21. The molecule has 5 heteroatoms. The summed E-state index contributed by atoms with van der Waals surface area (Å²) in [5, 5.41) is 11.6. The average Bonchev–Trinajstić information content (AvgIpc) is 3.21. The Kier molecular flexibility index (Phi) is 3.43. The van der Waals surface area contributed by atoms with Crippen molar-refractivity contribution in [1.29, 1.82) is 0 Å². The fourth-order valence-electron chi connectivity index (χ4n) is 3.24. The molecule has 0 aliphatic heterocycles. The minimum Gasteiger partial charge on any atom is -0.478 e. The average molecular weight is 291 g/mol. The number of halogens is 1. The Bertz CT molecular complexity index is 591. The molecule has 2 saturated carbocycles. The number of carbonyl (C=O) groups excluding carboxylic acids is 1. The molecule has 2 fully saturated rings. The molecule has 1 aromatic rings. The third-order valence-electron chi connectivity index (χ3n) is 4.85. The molecule has 21 heavy (non-hydrogen) atoms. The van der Waals surface area contributed by atoms with Crippen LogP contribution < -0.4 is 5.32 Å². The minimum absolute atomic E-state index is 0.0923. The molecule has 2 aliphatic rings. The quantitative estimate of drug-likeness (QED) is 0.876. The van der Waals surface area contributed by atoms with Gasteiger partial charge in [0.15, 0.2) is 0 Å². The number of benzene rings is 1. The normalized spacial score (nSPS) is 19.7. The highest BCUT2D eigenvalue weighted by Crippen LogP contribution is 2.56. The lowest BCUT2D eigenvalue weighted by Gasteiger charge is -2.42. The summed E-state index contributed by atoms with van der Waals surface area (Å²) >= 11 is 0. The molecule has 112 valence electrons. The van der Waals surface area contributed by atoms with Gasteiger partial charge in [0.2, 0.25) is 0 Å². The van der Waals surface area contributed by atoms with Crippen molar-refractivity contribution in [2.45, 2.75) is 32.1 Å². The molecule has 0 saturated heterocycles. The van der Waals surface area contributed by atoms with Crippen LogP contribution in [0, 0.1) is 17.2 Å². The molecular weight excluding hydrogens is 273 g/mol. The molecule has 4 nitrogen and oxygen atoms in total. The number of carbonyl (C=O) groups is 2. The first-order valence-electron chi connectivity index (χ1n) is 7.33. The summed E-state index contributed by atoms with van der Waals surface area (Å²) in [5.74, 6) is -1.74.